The molecular formula is C13H15FO. The molecule has 2 heteroatoms. The summed E-state index contributed by atoms with van der Waals surface area (Å²) in [5.41, 5.74) is 0. The summed E-state index contributed by atoms with van der Waals surface area (Å²) in [4.78, 5) is 0. The SMILES string of the molecule is CC#CCCCCOc1ccccc1F. The van der Waals surface area contributed by atoms with Gasteiger partial charge in [-0.3, -0.25) is 0 Å². The van der Waals surface area contributed by atoms with E-state index in [1.54, 1.807) is 18.2 Å². The minimum Gasteiger partial charge on any atom is -0.491 e. The molecule has 1 rings (SSSR count). The molecule has 1 aromatic carbocycles. The number of benzene rings is 1. The van der Waals surface area contributed by atoms with Crippen LogP contribution in [0.3, 0.4) is 0 Å². The monoisotopic (exact) mass is 206 g/mol. The highest BCUT2D eigenvalue weighted by atomic mass is 19.1. The Bertz CT molecular complexity index is 349. The number of para-hydroxylation sites is 1. The summed E-state index contributed by atoms with van der Waals surface area (Å²) in [6.07, 6.45) is 2.79. The standard InChI is InChI=1S/C13H15FO/c1-2-3-4-5-8-11-15-13-10-7-6-9-12(13)14/h6-7,9-10H,4-5,8,11H2,1H3. The van der Waals surface area contributed by atoms with Crippen LogP contribution in [0.2, 0.25) is 0 Å². The van der Waals surface area contributed by atoms with Crippen LogP contribution in [0.25, 0.3) is 0 Å². The maximum absolute atomic E-state index is 13.1. The van der Waals surface area contributed by atoms with Crippen molar-refractivity contribution in [3.8, 4) is 17.6 Å². The van der Waals surface area contributed by atoms with Gasteiger partial charge in [0, 0.05) is 6.42 Å². The molecular weight excluding hydrogens is 191 g/mol. The number of rotatable bonds is 5. The van der Waals surface area contributed by atoms with Crippen molar-refractivity contribution in [2.45, 2.75) is 26.2 Å². The van der Waals surface area contributed by atoms with Crippen LogP contribution in [-0.4, -0.2) is 6.61 Å². The zero-order chi connectivity index (χ0) is 10.9. The fourth-order valence-electron chi connectivity index (χ4n) is 1.18. The Labute approximate surface area is 90.3 Å². The van der Waals surface area contributed by atoms with E-state index in [2.05, 4.69) is 11.8 Å². The summed E-state index contributed by atoms with van der Waals surface area (Å²) >= 11 is 0. The third-order valence-electron chi connectivity index (χ3n) is 1.97. The third kappa shape index (κ3) is 4.51. The van der Waals surface area contributed by atoms with E-state index in [-0.39, 0.29) is 5.82 Å². The molecule has 1 nitrogen and oxygen atoms in total. The predicted octanol–water partition coefficient (Wildman–Crippen LogP) is 3.40. The number of ether oxygens (including phenoxy) is 1. The maximum atomic E-state index is 13.1. The third-order valence-corrected chi connectivity index (χ3v) is 1.97. The molecule has 0 aliphatic carbocycles. The molecule has 0 aliphatic heterocycles. The smallest absolute Gasteiger partial charge is 0.165 e. The average molecular weight is 206 g/mol. The molecule has 80 valence electrons. The number of hydrogen-bond donors (Lipinski definition) is 0. The molecule has 0 N–H and O–H groups in total. The van der Waals surface area contributed by atoms with Gasteiger partial charge in [-0.05, 0) is 31.9 Å². The largest absolute Gasteiger partial charge is 0.491 e. The Morgan fingerprint density at radius 2 is 2.07 bits per heavy atom. The Kier molecular flexibility index (Phi) is 5.32. The summed E-state index contributed by atoms with van der Waals surface area (Å²) in [5.74, 6) is 5.85. The normalized spacial score (nSPS) is 9.20. The number of halogens is 1. The van der Waals surface area contributed by atoms with Crippen molar-refractivity contribution in [1.82, 2.24) is 0 Å². The first-order valence-electron chi connectivity index (χ1n) is 5.11. The molecule has 0 heterocycles. The van der Waals surface area contributed by atoms with E-state index in [1.165, 1.54) is 6.07 Å². The summed E-state index contributed by atoms with van der Waals surface area (Å²) in [5, 5.41) is 0. The molecule has 0 atom stereocenters. The molecule has 0 bridgehead atoms. The molecule has 0 amide bonds. The lowest BCUT2D eigenvalue weighted by Crippen LogP contribution is -1.98. The van der Waals surface area contributed by atoms with Gasteiger partial charge < -0.3 is 4.74 Å². The lowest BCUT2D eigenvalue weighted by molar-refractivity contribution is 0.293. The van der Waals surface area contributed by atoms with Crippen molar-refractivity contribution in [1.29, 1.82) is 0 Å². The van der Waals surface area contributed by atoms with Gasteiger partial charge in [-0.15, -0.1) is 11.8 Å². The summed E-state index contributed by atoms with van der Waals surface area (Å²) < 4.78 is 18.4. The van der Waals surface area contributed by atoms with Crippen LogP contribution in [0.5, 0.6) is 5.75 Å². The molecule has 0 aliphatic rings. The van der Waals surface area contributed by atoms with Crippen molar-refractivity contribution < 1.29 is 9.13 Å². The van der Waals surface area contributed by atoms with Crippen molar-refractivity contribution in [3.63, 3.8) is 0 Å². The van der Waals surface area contributed by atoms with E-state index >= 15 is 0 Å². The van der Waals surface area contributed by atoms with Crippen molar-refractivity contribution in [2.24, 2.45) is 0 Å². The Balaban J connectivity index is 2.19. The lowest BCUT2D eigenvalue weighted by Gasteiger charge is -2.05. The zero-order valence-corrected chi connectivity index (χ0v) is 8.92. The molecule has 1 aromatic rings. The van der Waals surface area contributed by atoms with E-state index < -0.39 is 0 Å². The van der Waals surface area contributed by atoms with Gasteiger partial charge in [0.1, 0.15) is 0 Å². The van der Waals surface area contributed by atoms with Gasteiger partial charge in [0.05, 0.1) is 6.61 Å². The molecule has 0 saturated heterocycles. The fourth-order valence-corrected chi connectivity index (χ4v) is 1.18. The van der Waals surface area contributed by atoms with Crippen molar-refractivity contribution in [2.75, 3.05) is 6.61 Å². The summed E-state index contributed by atoms with van der Waals surface area (Å²) in [6.45, 7) is 2.38. The Hall–Kier alpha value is -1.49. The highest BCUT2D eigenvalue weighted by Crippen LogP contribution is 2.15. The highest BCUT2D eigenvalue weighted by Gasteiger charge is 1.99. The summed E-state index contributed by atoms with van der Waals surface area (Å²) in [7, 11) is 0. The van der Waals surface area contributed by atoms with Crippen LogP contribution in [0, 0.1) is 17.7 Å². The van der Waals surface area contributed by atoms with Gasteiger partial charge in [0.2, 0.25) is 0 Å². The van der Waals surface area contributed by atoms with Gasteiger partial charge in [0.15, 0.2) is 11.6 Å². The molecule has 0 spiro atoms. The summed E-state index contributed by atoms with van der Waals surface area (Å²) in [6, 6.07) is 6.46. The first-order valence-corrected chi connectivity index (χ1v) is 5.11. The molecule has 0 radical (unpaired) electrons. The second-order valence-corrected chi connectivity index (χ2v) is 3.16. The topological polar surface area (TPSA) is 9.23 Å². The van der Waals surface area contributed by atoms with Crippen LogP contribution >= 0.6 is 0 Å². The van der Waals surface area contributed by atoms with Crippen molar-refractivity contribution >= 4 is 0 Å². The van der Waals surface area contributed by atoms with E-state index in [1.807, 2.05) is 6.92 Å². The molecule has 0 saturated carbocycles. The van der Waals surface area contributed by atoms with Gasteiger partial charge in [0.25, 0.3) is 0 Å². The van der Waals surface area contributed by atoms with Crippen LogP contribution in [0.4, 0.5) is 4.39 Å². The number of hydrogen-bond acceptors (Lipinski definition) is 1. The van der Waals surface area contributed by atoms with Gasteiger partial charge in [-0.1, -0.05) is 12.1 Å². The molecule has 15 heavy (non-hydrogen) atoms. The zero-order valence-electron chi connectivity index (χ0n) is 8.92. The van der Waals surface area contributed by atoms with Crippen LogP contribution in [-0.2, 0) is 0 Å². The highest BCUT2D eigenvalue weighted by molar-refractivity contribution is 5.23. The average Bonchev–Trinajstić information content (AvgIpc) is 2.25. The minimum atomic E-state index is -0.300. The van der Waals surface area contributed by atoms with E-state index in [4.69, 9.17) is 4.74 Å². The molecule has 0 aromatic heterocycles. The second kappa shape index (κ2) is 6.89. The molecule has 0 unspecified atom stereocenters. The quantitative estimate of drug-likeness (QED) is 0.530. The predicted molar refractivity (Wildman–Crippen MR) is 59.2 cm³/mol. The second-order valence-electron chi connectivity index (χ2n) is 3.16. The Morgan fingerprint density at radius 3 is 2.80 bits per heavy atom. The maximum Gasteiger partial charge on any atom is 0.165 e. The van der Waals surface area contributed by atoms with E-state index in [9.17, 15) is 4.39 Å². The van der Waals surface area contributed by atoms with Crippen LogP contribution < -0.4 is 4.74 Å². The van der Waals surface area contributed by atoms with Gasteiger partial charge >= 0.3 is 0 Å². The minimum absolute atomic E-state index is 0.300. The van der Waals surface area contributed by atoms with Crippen molar-refractivity contribution in [3.05, 3.63) is 30.1 Å². The lowest BCUT2D eigenvalue weighted by atomic mass is 10.2. The molecule has 0 fully saturated rings. The first-order chi connectivity index (χ1) is 7.34. The van der Waals surface area contributed by atoms with Gasteiger partial charge in [-0.25, -0.2) is 4.39 Å². The first kappa shape index (κ1) is 11.6. The van der Waals surface area contributed by atoms with Gasteiger partial charge in [-0.2, -0.15) is 0 Å². The van der Waals surface area contributed by atoms with Crippen LogP contribution in [0.15, 0.2) is 24.3 Å². The van der Waals surface area contributed by atoms with E-state index in [0.29, 0.717) is 12.4 Å². The van der Waals surface area contributed by atoms with E-state index in [0.717, 1.165) is 19.3 Å². The Morgan fingerprint density at radius 1 is 1.27 bits per heavy atom. The van der Waals surface area contributed by atoms with Crippen LogP contribution in [0.1, 0.15) is 26.2 Å². The fraction of sp³-hybridized carbons (Fsp3) is 0.385. The number of unbranched alkanes of at least 4 members (excludes halogenated alkanes) is 2.